The molecule has 184 valence electrons. The molecule has 0 atom stereocenters. The summed E-state index contributed by atoms with van der Waals surface area (Å²) in [5.74, 6) is -0.177. The quantitative estimate of drug-likeness (QED) is 0.462. The molecule has 35 heavy (non-hydrogen) atoms. The molecule has 3 N–H and O–H groups in total. The number of hydrogen-bond donors (Lipinski definition) is 2. The van der Waals surface area contributed by atoms with Gasteiger partial charge in [0.15, 0.2) is 0 Å². The summed E-state index contributed by atoms with van der Waals surface area (Å²) in [6, 6.07) is 18.4. The van der Waals surface area contributed by atoms with Crippen LogP contribution in [0.25, 0.3) is 11.3 Å². The molecule has 0 bridgehead atoms. The molecule has 1 aliphatic rings. The standard InChI is InChI=1S/C27H31ClN4O3/c1-35-15-14-30-26(34)20-5-2-4-19(16-20)24-8-9-25(33)32(31-24)23-10-12-27(18-29,13-11-23)21-6-3-7-22(28)17-21/h2-9,16-17,23H,10-15,18,29H2,1H3,(H,30,34). The Morgan fingerprint density at radius 2 is 1.94 bits per heavy atom. The average molecular weight is 495 g/mol. The van der Waals surface area contributed by atoms with Crippen LogP contribution in [0.1, 0.15) is 47.6 Å². The fourth-order valence-corrected chi connectivity index (χ4v) is 5.05. The lowest BCUT2D eigenvalue weighted by molar-refractivity contribution is 0.0937. The van der Waals surface area contributed by atoms with Gasteiger partial charge in [0.25, 0.3) is 11.5 Å². The van der Waals surface area contributed by atoms with Crippen LogP contribution in [0, 0.1) is 0 Å². The van der Waals surface area contributed by atoms with Crippen molar-refractivity contribution in [3.63, 3.8) is 0 Å². The number of rotatable bonds is 8. The molecule has 8 heteroatoms. The lowest BCUT2D eigenvalue weighted by atomic mass is 9.68. The van der Waals surface area contributed by atoms with Crippen LogP contribution >= 0.6 is 11.6 Å². The lowest BCUT2D eigenvalue weighted by Gasteiger charge is -2.40. The molecule has 7 nitrogen and oxygen atoms in total. The Labute approximate surface area is 210 Å². The van der Waals surface area contributed by atoms with E-state index in [4.69, 9.17) is 27.2 Å². The minimum Gasteiger partial charge on any atom is -0.383 e. The van der Waals surface area contributed by atoms with Gasteiger partial charge in [0.05, 0.1) is 18.3 Å². The maximum absolute atomic E-state index is 12.8. The second kappa shape index (κ2) is 11.2. The fraction of sp³-hybridized carbons (Fsp3) is 0.370. The Morgan fingerprint density at radius 3 is 2.66 bits per heavy atom. The summed E-state index contributed by atoms with van der Waals surface area (Å²) in [4.78, 5) is 25.2. The van der Waals surface area contributed by atoms with Crippen LogP contribution in [-0.2, 0) is 10.2 Å². The van der Waals surface area contributed by atoms with Crippen molar-refractivity contribution in [2.75, 3.05) is 26.8 Å². The maximum Gasteiger partial charge on any atom is 0.267 e. The van der Waals surface area contributed by atoms with Gasteiger partial charge in [0.1, 0.15) is 0 Å². The van der Waals surface area contributed by atoms with Crippen LogP contribution < -0.4 is 16.6 Å². The molecule has 0 spiro atoms. The molecule has 1 fully saturated rings. The van der Waals surface area contributed by atoms with Crippen molar-refractivity contribution in [1.82, 2.24) is 15.1 Å². The van der Waals surface area contributed by atoms with Crippen molar-refractivity contribution in [1.29, 1.82) is 0 Å². The van der Waals surface area contributed by atoms with Crippen LogP contribution in [-0.4, -0.2) is 42.5 Å². The molecular weight excluding hydrogens is 464 g/mol. The molecule has 0 saturated heterocycles. The lowest BCUT2D eigenvalue weighted by Crippen LogP contribution is -2.41. The van der Waals surface area contributed by atoms with E-state index in [1.54, 1.807) is 36.1 Å². The van der Waals surface area contributed by atoms with E-state index in [-0.39, 0.29) is 22.9 Å². The molecule has 0 unspecified atom stereocenters. The summed E-state index contributed by atoms with van der Waals surface area (Å²) in [6.07, 6.45) is 3.29. The summed E-state index contributed by atoms with van der Waals surface area (Å²) < 4.78 is 6.58. The highest BCUT2D eigenvalue weighted by Gasteiger charge is 2.37. The Morgan fingerprint density at radius 1 is 1.17 bits per heavy atom. The van der Waals surface area contributed by atoms with Crippen molar-refractivity contribution in [3.05, 3.63) is 87.2 Å². The zero-order valence-electron chi connectivity index (χ0n) is 19.9. The number of nitrogens with zero attached hydrogens (tertiary/aromatic N) is 2. The molecular formula is C27H31ClN4O3. The summed E-state index contributed by atoms with van der Waals surface area (Å²) in [6.45, 7) is 1.41. The van der Waals surface area contributed by atoms with Gasteiger partial charge in [0.2, 0.25) is 0 Å². The van der Waals surface area contributed by atoms with Gasteiger partial charge in [-0.05, 0) is 61.6 Å². The van der Waals surface area contributed by atoms with Crippen molar-refractivity contribution in [2.45, 2.75) is 37.1 Å². The number of nitrogens with two attached hydrogens (primary N) is 1. The molecule has 1 aliphatic carbocycles. The van der Waals surface area contributed by atoms with Gasteiger partial charge in [-0.25, -0.2) is 4.68 Å². The Kier molecular flexibility index (Phi) is 8.00. The van der Waals surface area contributed by atoms with Crippen LogP contribution in [0.5, 0.6) is 0 Å². The first kappa shape index (κ1) is 25.1. The number of nitrogens with one attached hydrogen (secondary N) is 1. The minimum absolute atomic E-state index is 0.0122. The number of amides is 1. The minimum atomic E-state index is -0.177. The third-order valence-corrected chi connectivity index (χ3v) is 7.16. The predicted octanol–water partition coefficient (Wildman–Crippen LogP) is 3.95. The first-order valence-corrected chi connectivity index (χ1v) is 12.3. The largest absolute Gasteiger partial charge is 0.383 e. The third kappa shape index (κ3) is 5.64. The predicted molar refractivity (Wildman–Crippen MR) is 138 cm³/mol. The number of ether oxygens (including phenoxy) is 1. The zero-order valence-corrected chi connectivity index (χ0v) is 20.6. The number of benzene rings is 2. The molecule has 0 aliphatic heterocycles. The smallest absolute Gasteiger partial charge is 0.267 e. The fourth-order valence-electron chi connectivity index (χ4n) is 4.86. The highest BCUT2D eigenvalue weighted by molar-refractivity contribution is 6.30. The number of carbonyl (C=O) groups is 1. The molecule has 1 amide bonds. The molecule has 4 rings (SSSR count). The van der Waals surface area contributed by atoms with Gasteiger partial charge in [-0.1, -0.05) is 35.9 Å². The summed E-state index contributed by atoms with van der Waals surface area (Å²) in [5.41, 5.74) is 9.09. The van der Waals surface area contributed by atoms with Gasteiger partial charge in [-0.3, -0.25) is 9.59 Å². The van der Waals surface area contributed by atoms with Gasteiger partial charge in [-0.2, -0.15) is 5.10 Å². The number of carbonyl (C=O) groups excluding carboxylic acids is 1. The Hall–Kier alpha value is -3.00. The van der Waals surface area contributed by atoms with Crippen LogP contribution in [0.2, 0.25) is 5.02 Å². The number of methoxy groups -OCH3 is 1. The summed E-state index contributed by atoms with van der Waals surface area (Å²) in [7, 11) is 1.59. The van der Waals surface area contributed by atoms with E-state index in [1.165, 1.54) is 0 Å². The first-order chi connectivity index (χ1) is 17.0. The zero-order chi connectivity index (χ0) is 24.8. The normalized spacial score (nSPS) is 19.9. The Bertz CT molecular complexity index is 1230. The van der Waals surface area contributed by atoms with Gasteiger partial charge in [0, 0.05) is 47.8 Å². The number of hydrogen-bond acceptors (Lipinski definition) is 5. The third-order valence-electron chi connectivity index (χ3n) is 6.92. The van der Waals surface area contributed by atoms with Gasteiger partial charge >= 0.3 is 0 Å². The van der Waals surface area contributed by atoms with Crippen molar-refractivity contribution in [3.8, 4) is 11.3 Å². The Balaban J connectivity index is 1.54. The highest BCUT2D eigenvalue weighted by atomic mass is 35.5. The molecule has 0 radical (unpaired) electrons. The van der Waals surface area contributed by atoms with E-state index >= 15 is 0 Å². The summed E-state index contributed by atoms with van der Waals surface area (Å²) >= 11 is 6.24. The van der Waals surface area contributed by atoms with Crippen molar-refractivity contribution >= 4 is 17.5 Å². The van der Waals surface area contributed by atoms with E-state index in [0.717, 1.165) is 36.8 Å². The van der Waals surface area contributed by atoms with Crippen LogP contribution in [0.3, 0.4) is 0 Å². The monoisotopic (exact) mass is 494 g/mol. The molecule has 3 aromatic rings. The number of aromatic nitrogens is 2. The van der Waals surface area contributed by atoms with Crippen molar-refractivity contribution < 1.29 is 9.53 Å². The van der Waals surface area contributed by atoms with Crippen molar-refractivity contribution in [2.24, 2.45) is 5.73 Å². The second-order valence-electron chi connectivity index (χ2n) is 9.06. The second-order valence-corrected chi connectivity index (χ2v) is 9.49. The molecule has 2 aromatic carbocycles. The number of halogens is 1. The van der Waals surface area contributed by atoms with Gasteiger partial charge < -0.3 is 15.8 Å². The van der Waals surface area contributed by atoms with E-state index in [0.29, 0.717) is 36.0 Å². The maximum atomic E-state index is 12.8. The highest BCUT2D eigenvalue weighted by Crippen LogP contribution is 2.42. The molecule has 1 heterocycles. The van der Waals surface area contributed by atoms with Crippen LogP contribution in [0.15, 0.2) is 65.5 Å². The summed E-state index contributed by atoms with van der Waals surface area (Å²) in [5, 5.41) is 8.23. The SMILES string of the molecule is COCCNC(=O)c1cccc(-c2ccc(=O)n(C3CCC(CN)(c4cccc(Cl)c4)CC3)n2)c1. The average Bonchev–Trinajstić information content (AvgIpc) is 2.89. The molecule has 1 saturated carbocycles. The van der Waals surface area contributed by atoms with E-state index in [2.05, 4.69) is 11.4 Å². The topological polar surface area (TPSA) is 99.2 Å². The molecule has 1 aromatic heterocycles. The van der Waals surface area contributed by atoms with E-state index in [1.807, 2.05) is 30.3 Å². The van der Waals surface area contributed by atoms with E-state index in [9.17, 15) is 9.59 Å². The van der Waals surface area contributed by atoms with Gasteiger partial charge in [-0.15, -0.1) is 0 Å². The van der Waals surface area contributed by atoms with E-state index < -0.39 is 0 Å². The van der Waals surface area contributed by atoms with Crippen LogP contribution in [0.4, 0.5) is 0 Å². The first-order valence-electron chi connectivity index (χ1n) is 11.9.